The average Bonchev–Trinajstić information content (AvgIpc) is 1.55. The van der Waals surface area contributed by atoms with Gasteiger partial charge in [0.1, 0.15) is 17.7 Å². The molecular weight excluding hydrogens is 1350 g/mol. The second kappa shape index (κ2) is 32.3. The van der Waals surface area contributed by atoms with Gasteiger partial charge in [-0.15, -0.1) is 0 Å². The highest BCUT2D eigenvalue weighted by Crippen LogP contribution is 2.71. The van der Waals surface area contributed by atoms with E-state index in [1.807, 2.05) is 104 Å². The lowest BCUT2D eigenvalue weighted by Gasteiger charge is -2.35. The normalized spacial score (nSPS) is 27.7. The maximum absolute atomic E-state index is 14.2. The molecule has 3 spiro atoms. The molecule has 107 heavy (non-hydrogen) atoms. The summed E-state index contributed by atoms with van der Waals surface area (Å²) < 4.78 is 0. The summed E-state index contributed by atoms with van der Waals surface area (Å²) in [5.41, 5.74) is 20.5. The van der Waals surface area contributed by atoms with Crippen molar-refractivity contribution in [1.29, 1.82) is 0 Å². The van der Waals surface area contributed by atoms with Gasteiger partial charge in [0.15, 0.2) is 17.3 Å². The van der Waals surface area contributed by atoms with Crippen LogP contribution in [0.5, 0.6) is 0 Å². The highest BCUT2D eigenvalue weighted by molar-refractivity contribution is 6.37. The quantitative estimate of drug-likeness (QED) is 0.0417. The van der Waals surface area contributed by atoms with Crippen LogP contribution >= 0.6 is 0 Å². The highest BCUT2D eigenvalue weighted by Gasteiger charge is 2.70. The van der Waals surface area contributed by atoms with Crippen LogP contribution in [0, 0.1) is 107 Å². The Hall–Kier alpha value is -5.57. The van der Waals surface area contributed by atoms with E-state index < -0.39 is 105 Å². The number of carbonyl (C=O) groups is 13. The molecule has 0 radical (unpaired) electrons. The van der Waals surface area contributed by atoms with Gasteiger partial charge in [0.25, 0.3) is 11.8 Å². The van der Waals surface area contributed by atoms with Gasteiger partial charge in [-0.25, -0.2) is 0 Å². The number of hydrogen-bond donors (Lipinski definition) is 5. The Morgan fingerprint density at radius 1 is 0.411 bits per heavy atom. The number of primary amides is 3. The first-order valence-electron chi connectivity index (χ1n) is 40.6. The van der Waals surface area contributed by atoms with E-state index in [1.54, 1.807) is 14.7 Å². The van der Waals surface area contributed by atoms with Crippen LogP contribution in [0.25, 0.3) is 0 Å². The SMILES string of the molecule is CC(C)(C)CC(=O)C[C@H](C(=O)N1CC2(C[C@H]1C(=O)CC(CC1CCC1)C(=O)C(N)=O)CC2(C)C)C(C)(C)C.CC(C)(C)CC(=O)C[C@H](C(=O)N1CC2(C[C@H]1C(=O)CC(CC1CCC1)C(=O)C(N)=O)CC2(C)C)C(C)(C)C.CC(C)(C)[C@H](N)C(=O)N1CC2(C[C@H]1C(=O)CC(CC1CCC1)C(O)C(N)=O)CC2(C)C. The second-order valence-corrected chi connectivity index (χ2v) is 43.3. The van der Waals surface area contributed by atoms with Gasteiger partial charge in [0.05, 0.1) is 24.2 Å². The zero-order chi connectivity index (χ0) is 81.0. The number of Topliss-reactive ketones (excluding diaryl/α,β-unsaturated/α-hetero) is 7. The molecular formula is C86H141N7O14. The maximum atomic E-state index is 14.2. The molecule has 7 unspecified atom stereocenters. The summed E-state index contributed by atoms with van der Waals surface area (Å²) in [6.45, 7) is 44.3. The molecule has 0 aromatic rings. The Kier molecular flexibility index (Phi) is 26.7. The molecule has 6 aliphatic carbocycles. The molecule has 9 N–H and O–H groups in total. The lowest BCUT2D eigenvalue weighted by molar-refractivity contribution is -0.147. The van der Waals surface area contributed by atoms with Crippen LogP contribution in [0.1, 0.15) is 306 Å². The number of amides is 6. The van der Waals surface area contributed by atoms with Crippen molar-refractivity contribution in [2.75, 3.05) is 19.6 Å². The third-order valence-electron chi connectivity index (χ3n) is 27.6. The summed E-state index contributed by atoms with van der Waals surface area (Å²) >= 11 is 0. The monoisotopic (exact) mass is 1500 g/mol. The number of aliphatic hydroxyl groups is 1. The van der Waals surface area contributed by atoms with E-state index in [0.717, 1.165) is 77.0 Å². The third kappa shape index (κ3) is 21.4. The number of carbonyl (C=O) groups excluding carboxylic acids is 13. The van der Waals surface area contributed by atoms with Gasteiger partial charge in [-0.05, 0) is 135 Å². The Morgan fingerprint density at radius 2 is 0.692 bits per heavy atom. The largest absolute Gasteiger partial charge is 0.383 e. The van der Waals surface area contributed by atoms with E-state index in [1.165, 1.54) is 0 Å². The van der Waals surface area contributed by atoms with Crippen molar-refractivity contribution in [3.05, 3.63) is 0 Å². The van der Waals surface area contributed by atoms with Crippen LogP contribution in [-0.4, -0.2) is 146 Å². The van der Waals surface area contributed by atoms with Crippen LogP contribution in [0.3, 0.4) is 0 Å². The first-order valence-corrected chi connectivity index (χ1v) is 40.6. The van der Waals surface area contributed by atoms with Crippen molar-refractivity contribution in [3.63, 3.8) is 0 Å². The number of hydrogen-bond acceptors (Lipinski definition) is 15. The number of ketones is 7. The second-order valence-electron chi connectivity index (χ2n) is 43.3. The molecule has 21 heteroatoms. The highest BCUT2D eigenvalue weighted by atomic mass is 16.3. The first kappa shape index (κ1) is 88.6. The fourth-order valence-corrected chi connectivity index (χ4v) is 19.1. The Balaban J connectivity index is 0.000000225. The number of rotatable bonds is 30. The van der Waals surface area contributed by atoms with Crippen molar-refractivity contribution in [1.82, 2.24) is 14.7 Å². The first-order chi connectivity index (χ1) is 48.7. The lowest BCUT2D eigenvalue weighted by Crippen LogP contribution is -2.53. The van der Waals surface area contributed by atoms with Crippen LogP contribution in [0.2, 0.25) is 0 Å². The zero-order valence-electron chi connectivity index (χ0n) is 69.7. The molecule has 0 aromatic carbocycles. The molecule has 21 nitrogen and oxygen atoms in total. The van der Waals surface area contributed by atoms with Gasteiger partial charge in [-0.1, -0.05) is 203 Å². The predicted molar refractivity (Wildman–Crippen MR) is 412 cm³/mol. The van der Waals surface area contributed by atoms with Gasteiger partial charge in [0, 0.05) is 94.2 Å². The molecule has 9 aliphatic rings. The molecule has 0 bridgehead atoms. The number of aliphatic hydroxyl groups excluding tert-OH is 1. The van der Waals surface area contributed by atoms with Gasteiger partial charge >= 0.3 is 0 Å². The minimum atomic E-state index is -1.33. The van der Waals surface area contributed by atoms with Crippen LogP contribution in [0.15, 0.2) is 0 Å². The smallest absolute Gasteiger partial charge is 0.285 e. The Bertz CT molecular complexity index is 3240. The fourth-order valence-electron chi connectivity index (χ4n) is 19.1. The van der Waals surface area contributed by atoms with Crippen molar-refractivity contribution in [2.24, 2.45) is 130 Å². The summed E-state index contributed by atoms with van der Waals surface area (Å²) in [5, 5.41) is 10.4. The van der Waals surface area contributed by atoms with Crippen LogP contribution in [-0.2, 0) is 62.3 Å². The molecule has 6 saturated carbocycles. The van der Waals surface area contributed by atoms with E-state index in [4.69, 9.17) is 22.9 Å². The van der Waals surface area contributed by atoms with Gasteiger partial charge in [-0.3, -0.25) is 62.3 Å². The molecule has 0 aromatic heterocycles. The summed E-state index contributed by atoms with van der Waals surface area (Å²) in [6.07, 6.45) is 15.4. The van der Waals surface area contributed by atoms with E-state index in [0.29, 0.717) is 88.8 Å². The molecule has 3 aliphatic heterocycles. The fraction of sp³-hybridized carbons (Fsp3) is 0.849. The van der Waals surface area contributed by atoms with Gasteiger partial charge in [-0.2, -0.15) is 0 Å². The van der Waals surface area contributed by atoms with E-state index >= 15 is 0 Å². The molecule has 3 heterocycles. The van der Waals surface area contributed by atoms with E-state index in [-0.39, 0.29) is 122 Å². The number of nitrogens with zero attached hydrogens (tertiary/aromatic N) is 3. The van der Waals surface area contributed by atoms with Crippen molar-refractivity contribution < 1.29 is 67.4 Å². The summed E-state index contributed by atoms with van der Waals surface area (Å²) in [5.74, 6) is -6.81. The van der Waals surface area contributed by atoms with Crippen LogP contribution in [0.4, 0.5) is 0 Å². The molecule has 13 atom stereocenters. The average molecular weight is 1500 g/mol. The van der Waals surface area contributed by atoms with Crippen molar-refractivity contribution in [2.45, 2.75) is 336 Å². The molecule has 9 fully saturated rings. The minimum absolute atomic E-state index is 0.0220. The Labute approximate surface area is 640 Å². The summed E-state index contributed by atoms with van der Waals surface area (Å²) in [6, 6.07) is -2.53. The predicted octanol–water partition coefficient (Wildman–Crippen LogP) is 11.8. The van der Waals surface area contributed by atoms with Crippen molar-refractivity contribution >= 4 is 75.9 Å². The zero-order valence-corrected chi connectivity index (χ0v) is 69.7. The van der Waals surface area contributed by atoms with Gasteiger partial charge < -0.3 is 42.7 Å². The maximum Gasteiger partial charge on any atom is 0.285 e. The number of nitrogens with two attached hydrogens (primary N) is 4. The van der Waals surface area contributed by atoms with Crippen molar-refractivity contribution in [3.8, 4) is 0 Å². The molecule has 6 amide bonds. The van der Waals surface area contributed by atoms with E-state index in [2.05, 4.69) is 41.5 Å². The minimum Gasteiger partial charge on any atom is -0.383 e. The van der Waals surface area contributed by atoms with Crippen LogP contribution < -0.4 is 22.9 Å². The summed E-state index contributed by atoms with van der Waals surface area (Å²) in [4.78, 5) is 174. The van der Waals surface area contributed by atoms with Gasteiger partial charge in [0.2, 0.25) is 35.2 Å². The van der Waals surface area contributed by atoms with E-state index in [9.17, 15) is 67.4 Å². The Morgan fingerprint density at radius 3 is 0.925 bits per heavy atom. The molecule has 604 valence electrons. The topological polar surface area (TPSA) is 356 Å². The third-order valence-corrected chi connectivity index (χ3v) is 27.6. The molecule has 3 saturated heterocycles. The molecule has 9 rings (SSSR count). The number of likely N-dealkylation sites (tertiary alicyclic amines) is 3. The summed E-state index contributed by atoms with van der Waals surface area (Å²) in [7, 11) is 0. The standard InChI is InChI=1S/2C31H50N2O5.C24H41N3O4/c2*1-28(2,3)15-21(34)14-22(29(4,5)6)27(38)33-18-31(17-30(31,7)8)16-23(33)24(35)13-20(25(36)26(32)37)12-19-10-9-11-19;1-22(2,3)19(25)21(31)27-13-24(12-23(24,4)5)11-16(27)17(28)10-15(18(29)20(26)30)9-14-7-6-8-14/h2*19-20,22-23H,9-18H2,1-8H3,(H2,32,37);14-16,18-19,29H,6-13,25H2,1-5H3,(H2,26,30)/t2*20?,22-,23+,31?;15?,16-,18?,19+,24?/m110/s1. The lowest BCUT2D eigenvalue weighted by atomic mass is 9.75.